The molecule has 10 heteroatoms. The number of fused-ring (bicyclic) bond motifs is 1. The molecule has 33 heavy (non-hydrogen) atoms. The number of rotatable bonds is 6. The van der Waals surface area contributed by atoms with Gasteiger partial charge in [0.15, 0.2) is 0 Å². The maximum absolute atomic E-state index is 14.0. The van der Waals surface area contributed by atoms with Crippen LogP contribution in [-0.4, -0.2) is 73.0 Å². The zero-order chi connectivity index (χ0) is 23.8. The summed E-state index contributed by atoms with van der Waals surface area (Å²) < 4.78 is 40.7. The van der Waals surface area contributed by atoms with Crippen molar-refractivity contribution in [1.29, 1.82) is 0 Å². The third-order valence-electron chi connectivity index (χ3n) is 5.93. The van der Waals surface area contributed by atoms with Crippen LogP contribution in [0.25, 0.3) is 0 Å². The predicted molar refractivity (Wildman–Crippen MR) is 118 cm³/mol. The fourth-order valence-corrected chi connectivity index (χ4v) is 5.54. The Balaban J connectivity index is 1.46. The zero-order valence-electron chi connectivity index (χ0n) is 18.2. The minimum atomic E-state index is -4.01. The summed E-state index contributed by atoms with van der Waals surface area (Å²) >= 11 is 0. The van der Waals surface area contributed by atoms with Crippen molar-refractivity contribution >= 4 is 27.7 Å². The molecule has 0 spiro atoms. The first-order valence-corrected chi connectivity index (χ1v) is 12.2. The fraction of sp³-hybridized carbons (Fsp3) is 0.348. The Kier molecular flexibility index (Phi) is 6.31. The van der Waals surface area contributed by atoms with Gasteiger partial charge >= 0.3 is 0 Å². The first-order chi connectivity index (χ1) is 15.8. The molecular weight excluding hydrogens is 449 g/mol. The molecule has 0 radical (unpaired) electrons. The lowest BCUT2D eigenvalue weighted by Gasteiger charge is -2.34. The van der Waals surface area contributed by atoms with Gasteiger partial charge in [-0.1, -0.05) is 25.5 Å². The van der Waals surface area contributed by atoms with E-state index in [1.54, 1.807) is 0 Å². The van der Waals surface area contributed by atoms with Crippen LogP contribution in [0.2, 0.25) is 0 Å². The van der Waals surface area contributed by atoms with E-state index in [0.29, 0.717) is 13.0 Å². The number of imide groups is 1. The molecule has 0 atom stereocenters. The molecule has 2 aliphatic rings. The molecular formula is C23H24FN3O5S. The smallest absolute Gasteiger partial charge is 0.261 e. The van der Waals surface area contributed by atoms with Gasteiger partial charge < -0.3 is 4.90 Å². The minimum Gasteiger partial charge on any atom is -0.336 e. The quantitative estimate of drug-likeness (QED) is 0.601. The summed E-state index contributed by atoms with van der Waals surface area (Å²) in [7, 11) is -4.01. The molecule has 4 rings (SSSR count). The van der Waals surface area contributed by atoms with Crippen LogP contribution in [0.1, 0.15) is 50.8 Å². The summed E-state index contributed by atoms with van der Waals surface area (Å²) in [4.78, 5) is 40.5. The summed E-state index contributed by atoms with van der Waals surface area (Å²) in [5.41, 5.74) is 0.758. The Morgan fingerprint density at radius 1 is 0.970 bits per heavy atom. The van der Waals surface area contributed by atoms with Gasteiger partial charge in [0.25, 0.3) is 17.7 Å². The number of carbonyl (C=O) groups is 3. The van der Waals surface area contributed by atoms with E-state index in [0.717, 1.165) is 16.8 Å². The molecule has 2 aromatic rings. The van der Waals surface area contributed by atoms with Gasteiger partial charge in [0.05, 0.1) is 11.1 Å². The van der Waals surface area contributed by atoms with Crippen LogP contribution >= 0.6 is 0 Å². The molecule has 0 N–H and O–H groups in total. The highest BCUT2D eigenvalue weighted by Gasteiger charge is 2.36. The lowest BCUT2D eigenvalue weighted by Crippen LogP contribution is -2.50. The van der Waals surface area contributed by atoms with Gasteiger partial charge in [-0.25, -0.2) is 12.8 Å². The number of hydrogen-bond donors (Lipinski definition) is 0. The first kappa shape index (κ1) is 23.1. The Morgan fingerprint density at radius 2 is 1.64 bits per heavy atom. The van der Waals surface area contributed by atoms with E-state index in [9.17, 15) is 27.2 Å². The molecule has 0 aromatic heterocycles. The lowest BCUT2D eigenvalue weighted by atomic mass is 10.0. The normalized spacial score (nSPS) is 16.9. The lowest BCUT2D eigenvalue weighted by molar-refractivity contribution is 0.0651. The molecule has 0 aliphatic carbocycles. The van der Waals surface area contributed by atoms with Crippen LogP contribution in [0.5, 0.6) is 0 Å². The van der Waals surface area contributed by atoms with Crippen LogP contribution in [-0.2, 0) is 10.0 Å². The van der Waals surface area contributed by atoms with Crippen molar-refractivity contribution in [1.82, 2.24) is 14.1 Å². The molecule has 0 saturated carbocycles. The van der Waals surface area contributed by atoms with Crippen molar-refractivity contribution in [3.63, 3.8) is 0 Å². The third kappa shape index (κ3) is 4.16. The van der Waals surface area contributed by atoms with Crippen molar-refractivity contribution in [3.05, 3.63) is 65.0 Å². The number of benzene rings is 2. The Labute approximate surface area is 191 Å². The molecule has 2 heterocycles. The van der Waals surface area contributed by atoms with Crippen molar-refractivity contribution in [2.75, 3.05) is 32.7 Å². The van der Waals surface area contributed by atoms with Crippen LogP contribution in [0.3, 0.4) is 0 Å². The minimum absolute atomic E-state index is 0.0234. The molecule has 8 nitrogen and oxygen atoms in total. The number of carbonyl (C=O) groups excluding carboxylic acids is 3. The maximum Gasteiger partial charge on any atom is 0.261 e. The highest BCUT2D eigenvalue weighted by Crippen LogP contribution is 2.26. The second kappa shape index (κ2) is 9.03. The average Bonchev–Trinajstić information content (AvgIpc) is 3.06. The van der Waals surface area contributed by atoms with Crippen molar-refractivity contribution < 1.29 is 27.2 Å². The van der Waals surface area contributed by atoms with Gasteiger partial charge in [-0.2, -0.15) is 4.31 Å². The van der Waals surface area contributed by atoms with Gasteiger partial charge in [0.1, 0.15) is 10.7 Å². The van der Waals surface area contributed by atoms with Crippen LogP contribution < -0.4 is 0 Å². The Bertz CT molecular complexity index is 1220. The van der Waals surface area contributed by atoms with E-state index < -0.39 is 21.7 Å². The number of hydrogen-bond acceptors (Lipinski definition) is 5. The van der Waals surface area contributed by atoms with Gasteiger partial charge in [-0.15, -0.1) is 0 Å². The number of sulfonamides is 1. The van der Waals surface area contributed by atoms with E-state index in [1.165, 1.54) is 46.2 Å². The van der Waals surface area contributed by atoms with Gasteiger partial charge in [-0.05, 0) is 36.8 Å². The predicted octanol–water partition coefficient (Wildman–Crippen LogP) is 2.37. The molecule has 2 aromatic carbocycles. The number of halogens is 1. The third-order valence-corrected chi connectivity index (χ3v) is 7.87. The molecule has 174 valence electrons. The Morgan fingerprint density at radius 3 is 2.30 bits per heavy atom. The Hall–Kier alpha value is -3.11. The summed E-state index contributed by atoms with van der Waals surface area (Å²) in [5.74, 6) is -1.93. The van der Waals surface area contributed by atoms with E-state index >= 15 is 0 Å². The first-order valence-electron chi connectivity index (χ1n) is 10.8. The number of piperazine rings is 1. The van der Waals surface area contributed by atoms with Crippen LogP contribution in [0.15, 0.2) is 47.4 Å². The van der Waals surface area contributed by atoms with Gasteiger partial charge in [-0.3, -0.25) is 19.3 Å². The zero-order valence-corrected chi connectivity index (χ0v) is 19.0. The maximum atomic E-state index is 14.0. The largest absolute Gasteiger partial charge is 0.336 e. The number of amides is 3. The summed E-state index contributed by atoms with van der Waals surface area (Å²) in [6.45, 7) is 2.60. The van der Waals surface area contributed by atoms with E-state index in [1.807, 2.05) is 6.92 Å². The van der Waals surface area contributed by atoms with Crippen molar-refractivity contribution in [2.24, 2.45) is 0 Å². The van der Waals surface area contributed by atoms with Gasteiger partial charge in [0, 0.05) is 38.3 Å². The summed E-state index contributed by atoms with van der Waals surface area (Å²) in [6, 6.07) is 9.63. The summed E-state index contributed by atoms with van der Waals surface area (Å²) in [6.07, 6.45) is 1.55. The number of unbranched alkanes of at least 4 members (excludes halogenated alkanes) is 1. The number of nitrogens with zero attached hydrogens (tertiary/aromatic N) is 3. The molecule has 1 saturated heterocycles. The molecule has 1 fully saturated rings. The SMILES string of the molecule is CCCCN1C(=O)c2ccc(C(=O)N3CCN(S(=O)(=O)c4ccccc4F)CC3)cc2C1=O. The summed E-state index contributed by atoms with van der Waals surface area (Å²) in [5, 5.41) is 0. The van der Waals surface area contributed by atoms with E-state index in [-0.39, 0.29) is 59.6 Å². The van der Waals surface area contributed by atoms with E-state index in [4.69, 9.17) is 0 Å². The average molecular weight is 474 g/mol. The van der Waals surface area contributed by atoms with Gasteiger partial charge in [0.2, 0.25) is 10.0 Å². The van der Waals surface area contributed by atoms with Crippen LogP contribution in [0.4, 0.5) is 4.39 Å². The van der Waals surface area contributed by atoms with Crippen molar-refractivity contribution in [3.8, 4) is 0 Å². The van der Waals surface area contributed by atoms with Crippen molar-refractivity contribution in [2.45, 2.75) is 24.7 Å². The second-order valence-corrected chi connectivity index (χ2v) is 9.91. The van der Waals surface area contributed by atoms with Crippen LogP contribution in [0, 0.1) is 5.82 Å². The second-order valence-electron chi connectivity index (χ2n) is 8.00. The molecule has 2 aliphatic heterocycles. The molecule has 0 bridgehead atoms. The topological polar surface area (TPSA) is 95.1 Å². The highest BCUT2D eigenvalue weighted by atomic mass is 32.2. The molecule has 3 amide bonds. The standard InChI is InChI=1S/C23H24FN3O5S/c1-2-3-10-27-22(29)17-9-8-16(15-18(17)23(27)30)21(28)25-11-13-26(14-12-25)33(31,32)20-7-5-4-6-19(20)24/h4-9,15H,2-3,10-14H2,1H3. The fourth-order valence-electron chi connectivity index (χ4n) is 4.05. The monoisotopic (exact) mass is 473 g/mol. The molecule has 0 unspecified atom stereocenters. The highest BCUT2D eigenvalue weighted by molar-refractivity contribution is 7.89. The van der Waals surface area contributed by atoms with E-state index in [2.05, 4.69) is 0 Å².